The number of aryl methyl sites for hydroxylation is 2. The lowest BCUT2D eigenvalue weighted by molar-refractivity contribution is 0.798. The highest BCUT2D eigenvalue weighted by molar-refractivity contribution is 7.80. The maximum Gasteiger partial charge on any atom is 0.191 e. The van der Waals surface area contributed by atoms with Crippen molar-refractivity contribution in [2.24, 2.45) is 5.10 Å². The van der Waals surface area contributed by atoms with Crippen molar-refractivity contribution in [3.8, 4) is 0 Å². The summed E-state index contributed by atoms with van der Waals surface area (Å²) in [7, 11) is 0. The highest BCUT2D eigenvalue weighted by Gasteiger charge is 2.03. The molecule has 4 nitrogen and oxygen atoms in total. The van der Waals surface area contributed by atoms with Crippen molar-refractivity contribution in [1.29, 1.82) is 0 Å². The predicted octanol–water partition coefficient (Wildman–Crippen LogP) is 4.78. The average Bonchev–Trinajstić information content (AvgIpc) is 3.06. The molecule has 1 heterocycles. The zero-order valence-corrected chi connectivity index (χ0v) is 16.7. The van der Waals surface area contributed by atoms with Crippen molar-refractivity contribution in [2.75, 3.05) is 5.32 Å². The van der Waals surface area contributed by atoms with Crippen molar-refractivity contribution in [2.45, 2.75) is 27.3 Å². The second kappa shape index (κ2) is 8.64. The molecule has 1 aromatic heterocycles. The van der Waals surface area contributed by atoms with Crippen molar-refractivity contribution >= 4 is 29.2 Å². The molecule has 0 aliphatic carbocycles. The van der Waals surface area contributed by atoms with Crippen LogP contribution in [0.25, 0.3) is 0 Å². The van der Waals surface area contributed by atoms with E-state index in [0.29, 0.717) is 5.11 Å². The Balaban J connectivity index is 1.61. The quantitative estimate of drug-likeness (QED) is 0.382. The number of nitrogens with zero attached hydrogens (tertiary/aromatic N) is 2. The summed E-state index contributed by atoms with van der Waals surface area (Å²) in [6.45, 7) is 7.07. The molecule has 5 heteroatoms. The fraction of sp³-hybridized carbons (Fsp3) is 0.182. The monoisotopic (exact) mass is 376 g/mol. The molecule has 2 N–H and O–H groups in total. The molecule has 2 aromatic carbocycles. The zero-order valence-electron chi connectivity index (χ0n) is 15.9. The van der Waals surface area contributed by atoms with E-state index >= 15 is 0 Å². The van der Waals surface area contributed by atoms with Gasteiger partial charge in [0, 0.05) is 18.4 Å². The molecule has 0 atom stereocenters. The molecule has 3 aromatic rings. The molecule has 3 rings (SSSR count). The Labute approximate surface area is 165 Å². The average molecular weight is 377 g/mol. The second-order valence-electron chi connectivity index (χ2n) is 6.62. The van der Waals surface area contributed by atoms with E-state index in [0.717, 1.165) is 17.9 Å². The first-order valence-electron chi connectivity index (χ1n) is 8.90. The Kier molecular flexibility index (Phi) is 6.04. The number of thiocarbonyl (C=S) groups is 1. The van der Waals surface area contributed by atoms with Crippen LogP contribution in [0.2, 0.25) is 0 Å². The Morgan fingerprint density at radius 2 is 1.89 bits per heavy atom. The molecule has 0 saturated carbocycles. The van der Waals surface area contributed by atoms with Gasteiger partial charge in [0.1, 0.15) is 0 Å². The van der Waals surface area contributed by atoms with E-state index < -0.39 is 0 Å². The fourth-order valence-electron chi connectivity index (χ4n) is 2.89. The molecule has 0 bridgehead atoms. The van der Waals surface area contributed by atoms with Gasteiger partial charge in [-0.25, -0.2) is 0 Å². The Hall–Kier alpha value is -2.92. The maximum absolute atomic E-state index is 5.34. The smallest absolute Gasteiger partial charge is 0.191 e. The summed E-state index contributed by atoms with van der Waals surface area (Å²) < 4.78 is 2.15. The van der Waals surface area contributed by atoms with E-state index in [-0.39, 0.29) is 0 Å². The van der Waals surface area contributed by atoms with Crippen molar-refractivity contribution in [1.82, 2.24) is 9.99 Å². The van der Waals surface area contributed by atoms with E-state index in [9.17, 15) is 0 Å². The third-order valence-corrected chi connectivity index (χ3v) is 4.71. The first kappa shape index (κ1) is 18.9. The van der Waals surface area contributed by atoms with Gasteiger partial charge in [0.15, 0.2) is 5.11 Å². The zero-order chi connectivity index (χ0) is 19.2. The molecule has 0 aliphatic rings. The topological polar surface area (TPSA) is 41.4 Å². The number of hydrazone groups is 1. The van der Waals surface area contributed by atoms with Gasteiger partial charge in [0.25, 0.3) is 0 Å². The van der Waals surface area contributed by atoms with Gasteiger partial charge in [-0.1, -0.05) is 42.0 Å². The minimum Gasteiger partial charge on any atom is -0.342 e. The van der Waals surface area contributed by atoms with E-state index in [1.807, 2.05) is 24.3 Å². The minimum atomic E-state index is 0.469. The normalized spacial score (nSPS) is 10.9. The fourth-order valence-corrected chi connectivity index (χ4v) is 3.05. The second-order valence-corrected chi connectivity index (χ2v) is 7.03. The van der Waals surface area contributed by atoms with Crippen LogP contribution in [0.4, 0.5) is 5.69 Å². The summed E-state index contributed by atoms with van der Waals surface area (Å²) in [5.74, 6) is 0. The molecule has 0 unspecified atom stereocenters. The summed E-state index contributed by atoms with van der Waals surface area (Å²) in [5.41, 5.74) is 9.83. The molecule has 0 spiro atoms. The van der Waals surface area contributed by atoms with Crippen LogP contribution in [0.1, 0.15) is 27.9 Å². The lowest BCUT2D eigenvalue weighted by Gasteiger charge is -2.11. The van der Waals surface area contributed by atoms with Gasteiger partial charge in [-0.3, -0.25) is 5.43 Å². The van der Waals surface area contributed by atoms with E-state index in [4.69, 9.17) is 12.2 Å². The van der Waals surface area contributed by atoms with Crippen LogP contribution in [-0.2, 0) is 6.54 Å². The van der Waals surface area contributed by atoms with Crippen LogP contribution in [-0.4, -0.2) is 15.9 Å². The molecule has 138 valence electrons. The van der Waals surface area contributed by atoms with Gasteiger partial charge in [-0.15, -0.1) is 0 Å². The molecular formula is C22H24N4S. The number of hydrogen-bond donors (Lipinski definition) is 2. The summed E-state index contributed by atoms with van der Waals surface area (Å²) >= 11 is 5.34. The molecule has 0 radical (unpaired) electrons. The largest absolute Gasteiger partial charge is 0.342 e. The lowest BCUT2D eigenvalue weighted by atomic mass is 10.1. The first-order valence-corrected chi connectivity index (χ1v) is 9.31. The van der Waals surface area contributed by atoms with Crippen LogP contribution in [0.3, 0.4) is 0 Å². The Bertz CT molecular complexity index is 972. The van der Waals surface area contributed by atoms with E-state index in [1.54, 1.807) is 6.21 Å². The maximum atomic E-state index is 5.34. The highest BCUT2D eigenvalue weighted by Crippen LogP contribution is 2.17. The Morgan fingerprint density at radius 3 is 2.70 bits per heavy atom. The Morgan fingerprint density at radius 1 is 1.07 bits per heavy atom. The third-order valence-electron chi connectivity index (χ3n) is 4.52. The number of nitrogens with one attached hydrogen (secondary N) is 2. The summed E-state index contributed by atoms with van der Waals surface area (Å²) in [6, 6.07) is 18.7. The van der Waals surface area contributed by atoms with Crippen LogP contribution >= 0.6 is 12.2 Å². The number of anilines is 1. The van der Waals surface area contributed by atoms with Crippen molar-refractivity contribution in [3.63, 3.8) is 0 Å². The van der Waals surface area contributed by atoms with Crippen LogP contribution in [0.5, 0.6) is 0 Å². The predicted molar refractivity (Wildman–Crippen MR) is 118 cm³/mol. The van der Waals surface area contributed by atoms with Crippen LogP contribution in [0, 0.1) is 20.8 Å². The van der Waals surface area contributed by atoms with Gasteiger partial charge >= 0.3 is 0 Å². The SMILES string of the molecule is Cc1cccc(Cn2cccc2/C=N/NC(=S)Nc2cccc(C)c2C)c1. The number of hydrogen-bond acceptors (Lipinski definition) is 2. The molecule has 0 saturated heterocycles. The highest BCUT2D eigenvalue weighted by atomic mass is 32.1. The third kappa shape index (κ3) is 5.05. The van der Waals surface area contributed by atoms with Gasteiger partial charge in [-0.05, 0) is 67.9 Å². The molecular weight excluding hydrogens is 352 g/mol. The van der Waals surface area contributed by atoms with Gasteiger partial charge in [0.05, 0.1) is 11.9 Å². The lowest BCUT2D eigenvalue weighted by Crippen LogP contribution is -2.24. The summed E-state index contributed by atoms with van der Waals surface area (Å²) in [4.78, 5) is 0. The van der Waals surface area contributed by atoms with Crippen molar-refractivity contribution < 1.29 is 0 Å². The van der Waals surface area contributed by atoms with Gasteiger partial charge in [-0.2, -0.15) is 5.10 Å². The first-order chi connectivity index (χ1) is 13.0. The van der Waals surface area contributed by atoms with E-state index in [2.05, 4.69) is 77.7 Å². The number of benzene rings is 2. The standard InChI is InChI=1S/C22H24N4S/c1-16-7-4-9-19(13-16)15-26-12-6-10-20(26)14-23-25-22(27)24-21-11-5-8-17(2)18(21)3/h4-14H,15H2,1-3H3,(H2,24,25,27)/b23-14+. The van der Waals surface area contributed by atoms with Crippen LogP contribution < -0.4 is 10.7 Å². The minimum absolute atomic E-state index is 0.469. The molecule has 0 fully saturated rings. The summed E-state index contributed by atoms with van der Waals surface area (Å²) in [5, 5.41) is 7.94. The van der Waals surface area contributed by atoms with E-state index in [1.165, 1.54) is 22.3 Å². The number of aromatic nitrogens is 1. The van der Waals surface area contributed by atoms with Crippen molar-refractivity contribution in [3.05, 3.63) is 88.7 Å². The number of rotatable bonds is 5. The van der Waals surface area contributed by atoms with Crippen LogP contribution in [0.15, 0.2) is 65.9 Å². The van der Waals surface area contributed by atoms with Gasteiger partial charge < -0.3 is 9.88 Å². The van der Waals surface area contributed by atoms with Gasteiger partial charge in [0.2, 0.25) is 0 Å². The summed E-state index contributed by atoms with van der Waals surface area (Å²) in [6.07, 6.45) is 3.84. The molecule has 0 amide bonds. The molecule has 27 heavy (non-hydrogen) atoms. The molecule has 0 aliphatic heterocycles.